The smallest absolute Gasteiger partial charge is 0.255 e. The van der Waals surface area contributed by atoms with Gasteiger partial charge in [0.2, 0.25) is 10.0 Å². The monoisotopic (exact) mass is 360 g/mol. The molecule has 0 aromatic heterocycles. The Kier molecular flexibility index (Phi) is 6.33. The number of carbonyl (C=O) groups excluding carboxylic acids is 1. The molecule has 0 bridgehead atoms. The highest BCUT2D eigenvalue weighted by atomic mass is 32.2. The van der Waals surface area contributed by atoms with E-state index in [2.05, 4.69) is 10.0 Å². The molecular weight excluding hydrogens is 336 g/mol. The molecule has 0 heterocycles. The van der Waals surface area contributed by atoms with Crippen LogP contribution in [0.25, 0.3) is 0 Å². The molecule has 0 atom stereocenters. The number of nitrogens with one attached hydrogen (secondary N) is 2. The van der Waals surface area contributed by atoms with Crippen molar-refractivity contribution in [1.82, 2.24) is 4.72 Å². The van der Waals surface area contributed by atoms with Gasteiger partial charge in [0, 0.05) is 17.8 Å². The van der Waals surface area contributed by atoms with Gasteiger partial charge in [0.05, 0.1) is 4.90 Å². The minimum Gasteiger partial charge on any atom is -0.322 e. The first-order chi connectivity index (χ1) is 11.8. The lowest BCUT2D eigenvalue weighted by Crippen LogP contribution is -2.25. The summed E-state index contributed by atoms with van der Waals surface area (Å²) in [5, 5.41) is 2.83. The topological polar surface area (TPSA) is 75.3 Å². The highest BCUT2D eigenvalue weighted by Gasteiger charge is 2.16. The van der Waals surface area contributed by atoms with E-state index in [1.54, 1.807) is 12.1 Å². The molecule has 25 heavy (non-hydrogen) atoms. The average molecular weight is 360 g/mol. The van der Waals surface area contributed by atoms with Gasteiger partial charge in [0.1, 0.15) is 0 Å². The van der Waals surface area contributed by atoms with Gasteiger partial charge in [0.25, 0.3) is 5.91 Å². The Balaban J connectivity index is 2.18. The van der Waals surface area contributed by atoms with Crippen molar-refractivity contribution in [2.45, 2.75) is 38.5 Å². The van der Waals surface area contributed by atoms with Crippen molar-refractivity contribution >= 4 is 21.6 Å². The van der Waals surface area contributed by atoms with E-state index < -0.39 is 10.0 Å². The Morgan fingerprint density at radius 3 is 2.52 bits per heavy atom. The number of hydrogen-bond acceptors (Lipinski definition) is 3. The van der Waals surface area contributed by atoms with Crippen molar-refractivity contribution in [1.29, 1.82) is 0 Å². The first-order valence-corrected chi connectivity index (χ1v) is 9.80. The van der Waals surface area contributed by atoms with Crippen LogP contribution in [0.15, 0.2) is 47.4 Å². The van der Waals surface area contributed by atoms with Gasteiger partial charge in [-0.25, -0.2) is 13.1 Å². The minimum atomic E-state index is -3.61. The highest BCUT2D eigenvalue weighted by molar-refractivity contribution is 7.89. The van der Waals surface area contributed by atoms with Crippen LogP contribution in [0, 0.1) is 13.8 Å². The molecule has 2 aromatic rings. The van der Waals surface area contributed by atoms with Gasteiger partial charge in [-0.3, -0.25) is 4.79 Å². The molecule has 2 rings (SSSR count). The molecule has 2 N–H and O–H groups in total. The normalized spacial score (nSPS) is 11.3. The molecule has 5 nitrogen and oxygen atoms in total. The molecule has 0 fully saturated rings. The van der Waals surface area contributed by atoms with Crippen molar-refractivity contribution in [3.63, 3.8) is 0 Å². The fourth-order valence-corrected chi connectivity index (χ4v) is 3.54. The highest BCUT2D eigenvalue weighted by Crippen LogP contribution is 2.18. The minimum absolute atomic E-state index is 0.0943. The Morgan fingerprint density at radius 1 is 1.08 bits per heavy atom. The second kappa shape index (κ2) is 8.27. The van der Waals surface area contributed by atoms with Crippen LogP contribution in [0.4, 0.5) is 5.69 Å². The third kappa shape index (κ3) is 5.14. The van der Waals surface area contributed by atoms with E-state index in [0.29, 0.717) is 17.8 Å². The molecule has 6 heteroatoms. The number of rotatable bonds is 7. The lowest BCUT2D eigenvalue weighted by molar-refractivity contribution is 0.102. The second-order valence-electron chi connectivity index (χ2n) is 6.05. The van der Waals surface area contributed by atoms with Gasteiger partial charge in [-0.2, -0.15) is 0 Å². The Hall–Kier alpha value is -2.18. The lowest BCUT2D eigenvalue weighted by Gasteiger charge is -2.11. The first kappa shape index (κ1) is 19.1. The van der Waals surface area contributed by atoms with E-state index in [0.717, 1.165) is 24.0 Å². The van der Waals surface area contributed by atoms with E-state index in [1.165, 1.54) is 12.1 Å². The largest absolute Gasteiger partial charge is 0.322 e. The van der Waals surface area contributed by atoms with E-state index >= 15 is 0 Å². The summed E-state index contributed by atoms with van der Waals surface area (Å²) in [5.41, 5.74) is 3.09. The SMILES string of the molecule is CCCCNS(=O)(=O)c1cccc(C(=O)Nc2ccc(C)cc2C)c1. The molecule has 0 aliphatic carbocycles. The summed E-state index contributed by atoms with van der Waals surface area (Å²) in [4.78, 5) is 12.6. The number of amides is 1. The van der Waals surface area contributed by atoms with Crippen molar-refractivity contribution in [3.05, 3.63) is 59.2 Å². The number of hydrogen-bond donors (Lipinski definition) is 2. The number of benzene rings is 2. The van der Waals surface area contributed by atoms with Crippen LogP contribution in [-0.4, -0.2) is 20.9 Å². The summed E-state index contributed by atoms with van der Waals surface area (Å²) in [5.74, 6) is -0.336. The maximum Gasteiger partial charge on any atom is 0.255 e. The van der Waals surface area contributed by atoms with Crippen LogP contribution in [0.5, 0.6) is 0 Å². The molecule has 0 saturated heterocycles. The van der Waals surface area contributed by atoms with Crippen LogP contribution in [0.2, 0.25) is 0 Å². The third-order valence-electron chi connectivity index (χ3n) is 3.86. The summed E-state index contributed by atoms with van der Waals surface area (Å²) >= 11 is 0. The molecule has 1 amide bonds. The van der Waals surface area contributed by atoms with Gasteiger partial charge in [-0.15, -0.1) is 0 Å². The van der Waals surface area contributed by atoms with Crippen molar-refractivity contribution in [3.8, 4) is 0 Å². The Morgan fingerprint density at radius 2 is 1.84 bits per heavy atom. The van der Waals surface area contributed by atoms with E-state index in [9.17, 15) is 13.2 Å². The quantitative estimate of drug-likeness (QED) is 0.740. The predicted molar refractivity (Wildman–Crippen MR) is 100 cm³/mol. The fraction of sp³-hybridized carbons (Fsp3) is 0.316. The number of unbranched alkanes of at least 4 members (excludes halogenated alkanes) is 1. The second-order valence-corrected chi connectivity index (χ2v) is 7.82. The van der Waals surface area contributed by atoms with Gasteiger partial charge in [-0.1, -0.05) is 37.1 Å². The maximum atomic E-state index is 12.5. The van der Waals surface area contributed by atoms with Gasteiger partial charge < -0.3 is 5.32 Å². The average Bonchev–Trinajstić information content (AvgIpc) is 2.57. The van der Waals surface area contributed by atoms with Crippen molar-refractivity contribution < 1.29 is 13.2 Å². The summed E-state index contributed by atoms with van der Waals surface area (Å²) in [6.45, 7) is 6.28. The van der Waals surface area contributed by atoms with Crippen LogP contribution >= 0.6 is 0 Å². The lowest BCUT2D eigenvalue weighted by atomic mass is 10.1. The van der Waals surface area contributed by atoms with Crippen molar-refractivity contribution in [2.75, 3.05) is 11.9 Å². The van der Waals surface area contributed by atoms with Crippen LogP contribution in [0.1, 0.15) is 41.3 Å². The zero-order valence-corrected chi connectivity index (χ0v) is 15.6. The standard InChI is InChI=1S/C19H24N2O3S/c1-4-5-11-20-25(23,24)17-8-6-7-16(13-17)19(22)21-18-10-9-14(2)12-15(18)3/h6-10,12-13,20H,4-5,11H2,1-3H3,(H,21,22). The molecule has 0 radical (unpaired) electrons. The summed E-state index contributed by atoms with van der Waals surface area (Å²) in [6.07, 6.45) is 1.67. The van der Waals surface area contributed by atoms with Crippen LogP contribution < -0.4 is 10.0 Å². The number of carbonyl (C=O) groups is 1. The zero-order chi connectivity index (χ0) is 18.4. The molecule has 0 unspecified atom stereocenters. The summed E-state index contributed by atoms with van der Waals surface area (Å²) in [7, 11) is -3.61. The van der Waals surface area contributed by atoms with Crippen LogP contribution in [0.3, 0.4) is 0 Å². The number of sulfonamides is 1. The van der Waals surface area contributed by atoms with E-state index in [-0.39, 0.29) is 10.8 Å². The summed E-state index contributed by atoms with van der Waals surface area (Å²) in [6, 6.07) is 11.8. The fourth-order valence-electron chi connectivity index (χ4n) is 2.42. The molecule has 0 spiro atoms. The van der Waals surface area contributed by atoms with Crippen molar-refractivity contribution in [2.24, 2.45) is 0 Å². The molecule has 0 aliphatic heterocycles. The summed E-state index contributed by atoms with van der Waals surface area (Å²) < 4.78 is 27.1. The Labute approximate surface area is 149 Å². The first-order valence-electron chi connectivity index (χ1n) is 8.32. The van der Waals surface area contributed by atoms with Gasteiger partial charge >= 0.3 is 0 Å². The molecular formula is C19H24N2O3S. The number of anilines is 1. The predicted octanol–water partition coefficient (Wildman–Crippen LogP) is 3.63. The van der Waals surface area contributed by atoms with E-state index in [1.807, 2.05) is 39.0 Å². The maximum absolute atomic E-state index is 12.5. The zero-order valence-electron chi connectivity index (χ0n) is 14.8. The molecule has 134 valence electrons. The third-order valence-corrected chi connectivity index (χ3v) is 5.32. The van der Waals surface area contributed by atoms with Crippen LogP contribution in [-0.2, 0) is 10.0 Å². The van der Waals surface area contributed by atoms with E-state index in [4.69, 9.17) is 0 Å². The van der Waals surface area contributed by atoms with Gasteiger partial charge in [-0.05, 0) is 50.1 Å². The molecule has 0 saturated carbocycles. The molecule has 0 aliphatic rings. The molecule has 2 aromatic carbocycles. The Bertz CT molecular complexity index is 861. The van der Waals surface area contributed by atoms with Gasteiger partial charge in [0.15, 0.2) is 0 Å². The number of aryl methyl sites for hydroxylation is 2.